The highest BCUT2D eigenvalue weighted by Crippen LogP contribution is 2.34. The maximum absolute atomic E-state index is 12.3. The van der Waals surface area contributed by atoms with E-state index in [1.54, 1.807) is 11.3 Å². The first-order valence-electron chi connectivity index (χ1n) is 9.40. The van der Waals surface area contributed by atoms with Crippen LogP contribution in [0.3, 0.4) is 0 Å². The minimum atomic E-state index is -0.278. The van der Waals surface area contributed by atoms with Gasteiger partial charge < -0.3 is 4.42 Å². The lowest BCUT2D eigenvalue weighted by Crippen LogP contribution is -2.52. The van der Waals surface area contributed by atoms with E-state index in [0.29, 0.717) is 28.3 Å². The van der Waals surface area contributed by atoms with E-state index in [4.69, 9.17) is 16.0 Å². The van der Waals surface area contributed by atoms with Crippen molar-refractivity contribution < 1.29 is 9.21 Å². The Kier molecular flexibility index (Phi) is 5.28. The third-order valence-electron chi connectivity index (χ3n) is 5.04. The van der Waals surface area contributed by atoms with E-state index < -0.39 is 0 Å². The maximum Gasteiger partial charge on any atom is 0.264 e. The van der Waals surface area contributed by atoms with Crippen LogP contribution in [-0.4, -0.2) is 27.1 Å². The Morgan fingerprint density at radius 3 is 2.93 bits per heavy atom. The minimum Gasteiger partial charge on any atom is -0.441 e. The van der Waals surface area contributed by atoms with Gasteiger partial charge in [0.2, 0.25) is 5.89 Å². The molecule has 1 amide bonds. The summed E-state index contributed by atoms with van der Waals surface area (Å²) >= 11 is 9.16. The lowest BCUT2D eigenvalue weighted by molar-refractivity contribution is -0.125. The Morgan fingerprint density at radius 1 is 1.33 bits per heavy atom. The summed E-state index contributed by atoms with van der Waals surface area (Å²) in [7, 11) is 0. The Morgan fingerprint density at radius 2 is 2.17 bits per heavy atom. The summed E-state index contributed by atoms with van der Waals surface area (Å²) in [6, 6.07) is 11.3. The first-order valence-corrected chi connectivity index (χ1v) is 11.6. The SMILES string of the molecule is Cc1oc(-c2ccc(Cl)cc2)nc1CSC1=NNC(=O)C2CC(c3cccs3)NN12. The van der Waals surface area contributed by atoms with Crippen molar-refractivity contribution in [3.8, 4) is 11.5 Å². The Bertz CT molecular complexity index is 1100. The third kappa shape index (κ3) is 3.74. The molecule has 2 aliphatic rings. The van der Waals surface area contributed by atoms with Crippen LogP contribution in [0.5, 0.6) is 0 Å². The number of nitrogens with zero attached hydrogens (tertiary/aromatic N) is 3. The molecular weight excluding hydrogens is 442 g/mol. The second kappa shape index (κ2) is 8.07. The molecule has 4 heterocycles. The monoisotopic (exact) mass is 459 g/mol. The molecule has 1 aromatic carbocycles. The summed E-state index contributed by atoms with van der Waals surface area (Å²) in [5.74, 6) is 1.81. The molecule has 30 heavy (non-hydrogen) atoms. The molecule has 10 heteroatoms. The van der Waals surface area contributed by atoms with Crippen LogP contribution in [-0.2, 0) is 10.5 Å². The van der Waals surface area contributed by atoms with E-state index in [9.17, 15) is 4.79 Å². The number of nitrogens with one attached hydrogen (secondary N) is 2. The Balaban J connectivity index is 1.30. The number of amidine groups is 1. The molecule has 0 spiro atoms. The first kappa shape index (κ1) is 19.6. The molecule has 0 aliphatic carbocycles. The van der Waals surface area contributed by atoms with E-state index in [1.165, 1.54) is 16.6 Å². The quantitative estimate of drug-likeness (QED) is 0.604. The molecule has 0 radical (unpaired) electrons. The number of hydrogen-bond donors (Lipinski definition) is 2. The number of thioether (sulfide) groups is 1. The van der Waals surface area contributed by atoms with Gasteiger partial charge in [0.15, 0.2) is 5.17 Å². The molecule has 2 unspecified atom stereocenters. The number of aromatic nitrogens is 1. The molecular formula is C20H18ClN5O2S2. The van der Waals surface area contributed by atoms with Crippen LogP contribution in [0.25, 0.3) is 11.5 Å². The van der Waals surface area contributed by atoms with Crippen LogP contribution < -0.4 is 10.9 Å². The average molecular weight is 460 g/mol. The fraction of sp³-hybridized carbons (Fsp3) is 0.250. The minimum absolute atomic E-state index is 0.0893. The molecule has 1 fully saturated rings. The van der Waals surface area contributed by atoms with Crippen molar-refractivity contribution in [2.24, 2.45) is 5.10 Å². The highest BCUT2D eigenvalue weighted by molar-refractivity contribution is 8.13. The van der Waals surface area contributed by atoms with Crippen LogP contribution in [0, 0.1) is 6.92 Å². The van der Waals surface area contributed by atoms with Crippen LogP contribution in [0.2, 0.25) is 5.02 Å². The largest absolute Gasteiger partial charge is 0.441 e. The van der Waals surface area contributed by atoms with Gasteiger partial charge in [-0.1, -0.05) is 29.4 Å². The summed E-state index contributed by atoms with van der Waals surface area (Å²) < 4.78 is 5.85. The number of hydrazine groups is 1. The lowest BCUT2D eigenvalue weighted by Gasteiger charge is -2.29. The number of hydrazone groups is 1. The van der Waals surface area contributed by atoms with Crippen LogP contribution >= 0.6 is 34.7 Å². The van der Waals surface area contributed by atoms with Crippen molar-refractivity contribution in [3.63, 3.8) is 0 Å². The molecule has 1 saturated heterocycles. The van der Waals surface area contributed by atoms with Crippen molar-refractivity contribution in [1.82, 2.24) is 20.8 Å². The van der Waals surface area contributed by atoms with E-state index in [-0.39, 0.29) is 18.0 Å². The number of fused-ring (bicyclic) bond motifs is 1. The van der Waals surface area contributed by atoms with Crippen molar-refractivity contribution in [1.29, 1.82) is 0 Å². The Labute approximate surface area is 186 Å². The predicted molar refractivity (Wildman–Crippen MR) is 119 cm³/mol. The van der Waals surface area contributed by atoms with Crippen molar-refractivity contribution in [2.75, 3.05) is 0 Å². The molecule has 3 aromatic rings. The van der Waals surface area contributed by atoms with Crippen LogP contribution in [0.4, 0.5) is 0 Å². The number of thiophene rings is 1. The fourth-order valence-corrected chi connectivity index (χ4v) is 5.34. The molecule has 0 saturated carbocycles. The zero-order chi connectivity index (χ0) is 20.7. The van der Waals surface area contributed by atoms with E-state index in [1.807, 2.05) is 47.6 Å². The van der Waals surface area contributed by atoms with Crippen LogP contribution in [0.1, 0.15) is 28.8 Å². The summed E-state index contributed by atoms with van der Waals surface area (Å²) in [5, 5.41) is 9.57. The van der Waals surface area contributed by atoms with Gasteiger partial charge >= 0.3 is 0 Å². The summed E-state index contributed by atoms with van der Waals surface area (Å²) in [6.07, 6.45) is 0.704. The molecule has 2 atom stereocenters. The second-order valence-electron chi connectivity index (χ2n) is 7.01. The topological polar surface area (TPSA) is 82.8 Å². The number of oxazole rings is 1. The van der Waals surface area contributed by atoms with Gasteiger partial charge in [0.25, 0.3) is 5.91 Å². The average Bonchev–Trinajstić information content (AvgIpc) is 3.48. The Hall–Kier alpha value is -2.33. The van der Waals surface area contributed by atoms with Gasteiger partial charge in [-0.05, 0) is 42.6 Å². The number of halogens is 1. The molecule has 5 rings (SSSR count). The van der Waals surface area contributed by atoms with Crippen molar-refractivity contribution in [2.45, 2.75) is 31.2 Å². The zero-order valence-electron chi connectivity index (χ0n) is 16.0. The standard InChI is InChI=1S/C20H18ClN5O2S2/c1-11-15(22-19(28-11)12-4-6-13(21)7-5-12)10-30-20-24-23-18(27)16-9-14(25-26(16)20)17-3-2-8-29-17/h2-8,14,16,25H,9-10H2,1H3,(H,23,27). The normalized spacial score (nSPS) is 20.8. The lowest BCUT2D eigenvalue weighted by atomic mass is 10.1. The summed E-state index contributed by atoms with van der Waals surface area (Å²) in [6.45, 7) is 1.90. The van der Waals surface area contributed by atoms with E-state index >= 15 is 0 Å². The van der Waals surface area contributed by atoms with Gasteiger partial charge in [-0.25, -0.2) is 15.8 Å². The maximum atomic E-state index is 12.3. The zero-order valence-corrected chi connectivity index (χ0v) is 18.4. The molecule has 154 valence electrons. The smallest absolute Gasteiger partial charge is 0.264 e. The molecule has 2 N–H and O–H groups in total. The highest BCUT2D eigenvalue weighted by atomic mass is 35.5. The van der Waals surface area contributed by atoms with Crippen molar-refractivity contribution in [3.05, 3.63) is 63.1 Å². The number of carbonyl (C=O) groups is 1. The molecule has 7 nitrogen and oxygen atoms in total. The summed E-state index contributed by atoms with van der Waals surface area (Å²) in [4.78, 5) is 18.2. The number of benzene rings is 1. The van der Waals surface area contributed by atoms with E-state index in [0.717, 1.165) is 17.0 Å². The van der Waals surface area contributed by atoms with Crippen molar-refractivity contribution >= 4 is 45.8 Å². The van der Waals surface area contributed by atoms with Gasteiger partial charge in [-0.2, -0.15) is 0 Å². The predicted octanol–water partition coefficient (Wildman–Crippen LogP) is 4.32. The fourth-order valence-electron chi connectivity index (χ4n) is 3.47. The number of aryl methyl sites for hydroxylation is 1. The van der Waals surface area contributed by atoms with Gasteiger partial charge in [-0.3, -0.25) is 9.80 Å². The third-order valence-corrected chi connectivity index (χ3v) is 7.25. The van der Waals surface area contributed by atoms with Gasteiger partial charge in [0.1, 0.15) is 11.8 Å². The van der Waals surface area contributed by atoms with Gasteiger partial charge in [0.05, 0.1) is 11.7 Å². The number of carbonyl (C=O) groups excluding carboxylic acids is 1. The van der Waals surface area contributed by atoms with Crippen LogP contribution in [0.15, 0.2) is 51.3 Å². The molecule has 0 bridgehead atoms. The molecule has 2 aliphatic heterocycles. The van der Waals surface area contributed by atoms with Gasteiger partial charge in [0, 0.05) is 27.6 Å². The number of hydrogen-bond acceptors (Lipinski definition) is 8. The number of rotatable bonds is 4. The molecule has 2 aromatic heterocycles. The van der Waals surface area contributed by atoms with Gasteiger partial charge in [-0.15, -0.1) is 16.4 Å². The first-order chi connectivity index (χ1) is 14.6. The second-order valence-corrected chi connectivity index (χ2v) is 9.36. The van der Waals surface area contributed by atoms with E-state index in [2.05, 4.69) is 27.0 Å². The number of amides is 1. The highest BCUT2D eigenvalue weighted by Gasteiger charge is 2.42. The summed E-state index contributed by atoms with van der Waals surface area (Å²) in [5.41, 5.74) is 7.81.